The van der Waals surface area contributed by atoms with Crippen LogP contribution in [0, 0.1) is 0 Å². The van der Waals surface area contributed by atoms with Gasteiger partial charge in [-0.15, -0.1) is 0 Å². The Morgan fingerprint density at radius 3 is 3.08 bits per heavy atom. The molecule has 0 saturated carbocycles. The van der Waals surface area contributed by atoms with Crippen molar-refractivity contribution in [2.24, 2.45) is 5.73 Å². The molecule has 1 aromatic heterocycles. The van der Waals surface area contributed by atoms with Crippen LogP contribution in [0.3, 0.4) is 0 Å². The zero-order valence-electron chi connectivity index (χ0n) is 7.62. The summed E-state index contributed by atoms with van der Waals surface area (Å²) in [5.74, 6) is 0.726. The van der Waals surface area contributed by atoms with Crippen molar-refractivity contribution in [1.82, 2.24) is 5.32 Å². The third-order valence-electron chi connectivity index (χ3n) is 1.68. The van der Waals surface area contributed by atoms with Crippen LogP contribution in [-0.2, 0) is 11.2 Å². The third-order valence-corrected chi connectivity index (χ3v) is 1.68. The van der Waals surface area contributed by atoms with Crippen molar-refractivity contribution in [1.29, 1.82) is 0 Å². The van der Waals surface area contributed by atoms with Crippen LogP contribution >= 0.6 is 0 Å². The first kappa shape index (κ1) is 9.80. The minimum atomic E-state index is -0.140. The van der Waals surface area contributed by atoms with Crippen molar-refractivity contribution in [2.45, 2.75) is 19.4 Å². The standard InChI is InChI=1S/C9H14N2O2/c1-7(11-9(12)6-10)5-8-3-2-4-13-8/h2-4,7H,5-6,10H2,1H3,(H,11,12). The first-order valence-corrected chi connectivity index (χ1v) is 4.24. The number of hydrogen-bond acceptors (Lipinski definition) is 3. The number of carbonyl (C=O) groups is 1. The normalized spacial score (nSPS) is 12.5. The van der Waals surface area contributed by atoms with E-state index in [4.69, 9.17) is 10.2 Å². The fourth-order valence-electron chi connectivity index (χ4n) is 1.12. The van der Waals surface area contributed by atoms with Crippen LogP contribution < -0.4 is 11.1 Å². The minimum absolute atomic E-state index is 0.0303. The van der Waals surface area contributed by atoms with E-state index < -0.39 is 0 Å². The topological polar surface area (TPSA) is 68.3 Å². The average Bonchev–Trinajstić information content (AvgIpc) is 2.56. The lowest BCUT2D eigenvalue weighted by Gasteiger charge is -2.10. The van der Waals surface area contributed by atoms with Gasteiger partial charge in [0.15, 0.2) is 0 Å². The van der Waals surface area contributed by atoms with E-state index in [0.29, 0.717) is 6.42 Å². The van der Waals surface area contributed by atoms with Crippen LogP contribution in [0.25, 0.3) is 0 Å². The fourth-order valence-corrected chi connectivity index (χ4v) is 1.12. The van der Waals surface area contributed by atoms with E-state index in [-0.39, 0.29) is 18.5 Å². The summed E-state index contributed by atoms with van der Waals surface area (Å²) in [6.07, 6.45) is 2.31. The molecule has 4 nitrogen and oxygen atoms in total. The molecule has 72 valence electrons. The lowest BCUT2D eigenvalue weighted by molar-refractivity contribution is -0.120. The number of furan rings is 1. The Balaban J connectivity index is 2.33. The number of hydrogen-bond donors (Lipinski definition) is 2. The molecule has 0 aliphatic rings. The summed E-state index contributed by atoms with van der Waals surface area (Å²) in [6.45, 7) is 1.94. The van der Waals surface area contributed by atoms with Crippen molar-refractivity contribution in [2.75, 3.05) is 6.54 Å². The van der Waals surface area contributed by atoms with E-state index in [1.807, 2.05) is 19.1 Å². The molecule has 1 amide bonds. The van der Waals surface area contributed by atoms with Crippen LogP contribution in [0.4, 0.5) is 0 Å². The molecule has 1 unspecified atom stereocenters. The molecule has 0 fully saturated rings. The van der Waals surface area contributed by atoms with Gasteiger partial charge in [-0.2, -0.15) is 0 Å². The monoisotopic (exact) mass is 182 g/mol. The molecule has 0 spiro atoms. The summed E-state index contributed by atoms with van der Waals surface area (Å²) in [6, 6.07) is 3.76. The zero-order chi connectivity index (χ0) is 9.68. The van der Waals surface area contributed by atoms with Gasteiger partial charge in [-0.3, -0.25) is 4.79 Å². The largest absolute Gasteiger partial charge is 0.469 e. The molecule has 4 heteroatoms. The summed E-state index contributed by atoms with van der Waals surface area (Å²) < 4.78 is 5.14. The second kappa shape index (κ2) is 4.67. The van der Waals surface area contributed by atoms with Crippen molar-refractivity contribution >= 4 is 5.91 Å². The fraction of sp³-hybridized carbons (Fsp3) is 0.444. The van der Waals surface area contributed by atoms with E-state index in [9.17, 15) is 4.79 Å². The maximum atomic E-state index is 10.9. The van der Waals surface area contributed by atoms with Crippen molar-refractivity contribution in [3.05, 3.63) is 24.2 Å². The van der Waals surface area contributed by atoms with Gasteiger partial charge in [0.2, 0.25) is 5.91 Å². The minimum Gasteiger partial charge on any atom is -0.469 e. The number of amides is 1. The van der Waals surface area contributed by atoms with E-state index >= 15 is 0 Å². The van der Waals surface area contributed by atoms with Gasteiger partial charge in [0.1, 0.15) is 5.76 Å². The van der Waals surface area contributed by atoms with Crippen LogP contribution in [-0.4, -0.2) is 18.5 Å². The first-order chi connectivity index (χ1) is 6.22. The van der Waals surface area contributed by atoms with Crippen molar-refractivity contribution in [3.63, 3.8) is 0 Å². The number of nitrogens with two attached hydrogens (primary N) is 1. The van der Waals surface area contributed by atoms with E-state index in [2.05, 4.69) is 5.32 Å². The maximum absolute atomic E-state index is 10.9. The highest BCUT2D eigenvalue weighted by atomic mass is 16.3. The third kappa shape index (κ3) is 3.29. The van der Waals surface area contributed by atoms with Gasteiger partial charge < -0.3 is 15.5 Å². The molecule has 0 aliphatic carbocycles. The summed E-state index contributed by atoms with van der Waals surface area (Å²) in [7, 11) is 0. The van der Waals surface area contributed by atoms with Gasteiger partial charge in [-0.1, -0.05) is 0 Å². The van der Waals surface area contributed by atoms with Crippen LogP contribution in [0.15, 0.2) is 22.8 Å². The molecule has 0 radical (unpaired) electrons. The van der Waals surface area contributed by atoms with E-state index in [1.165, 1.54) is 0 Å². The molecule has 1 aromatic rings. The Hall–Kier alpha value is -1.29. The maximum Gasteiger partial charge on any atom is 0.233 e. The smallest absolute Gasteiger partial charge is 0.233 e. The highest BCUT2D eigenvalue weighted by molar-refractivity contribution is 5.78. The lowest BCUT2D eigenvalue weighted by Crippen LogP contribution is -2.38. The van der Waals surface area contributed by atoms with Crippen molar-refractivity contribution < 1.29 is 9.21 Å². The number of nitrogens with one attached hydrogen (secondary N) is 1. The number of carbonyl (C=O) groups excluding carboxylic acids is 1. The highest BCUT2D eigenvalue weighted by Crippen LogP contribution is 2.03. The predicted octanol–water partition coefficient (Wildman–Crippen LogP) is 0.286. The summed E-state index contributed by atoms with van der Waals surface area (Å²) in [5, 5.41) is 2.74. The van der Waals surface area contributed by atoms with Gasteiger partial charge in [0.05, 0.1) is 12.8 Å². The Labute approximate surface area is 77.1 Å². The quantitative estimate of drug-likeness (QED) is 0.703. The molecule has 0 bridgehead atoms. The molecule has 1 atom stereocenters. The van der Waals surface area contributed by atoms with Crippen LogP contribution in [0.2, 0.25) is 0 Å². The van der Waals surface area contributed by atoms with Gasteiger partial charge in [0.25, 0.3) is 0 Å². The zero-order valence-corrected chi connectivity index (χ0v) is 7.62. The van der Waals surface area contributed by atoms with E-state index in [0.717, 1.165) is 5.76 Å². The van der Waals surface area contributed by atoms with Gasteiger partial charge >= 0.3 is 0 Å². The summed E-state index contributed by atoms with van der Waals surface area (Å²) in [5.41, 5.74) is 5.16. The first-order valence-electron chi connectivity index (χ1n) is 4.24. The second-order valence-corrected chi connectivity index (χ2v) is 2.96. The molecule has 0 saturated heterocycles. The van der Waals surface area contributed by atoms with Crippen LogP contribution in [0.1, 0.15) is 12.7 Å². The Morgan fingerprint density at radius 1 is 1.77 bits per heavy atom. The Kier molecular flexibility index (Phi) is 3.52. The molecular formula is C9H14N2O2. The molecular weight excluding hydrogens is 168 g/mol. The molecule has 0 aliphatic heterocycles. The summed E-state index contributed by atoms with van der Waals surface area (Å²) in [4.78, 5) is 10.9. The van der Waals surface area contributed by atoms with E-state index in [1.54, 1.807) is 6.26 Å². The molecule has 1 heterocycles. The van der Waals surface area contributed by atoms with Crippen LogP contribution in [0.5, 0.6) is 0 Å². The van der Waals surface area contributed by atoms with Gasteiger partial charge in [-0.05, 0) is 19.1 Å². The summed E-state index contributed by atoms with van der Waals surface area (Å²) >= 11 is 0. The van der Waals surface area contributed by atoms with Crippen molar-refractivity contribution in [3.8, 4) is 0 Å². The highest BCUT2D eigenvalue weighted by Gasteiger charge is 2.07. The predicted molar refractivity (Wildman–Crippen MR) is 49.1 cm³/mol. The Bertz CT molecular complexity index is 257. The molecule has 13 heavy (non-hydrogen) atoms. The average molecular weight is 182 g/mol. The molecule has 0 aromatic carbocycles. The second-order valence-electron chi connectivity index (χ2n) is 2.96. The molecule has 1 rings (SSSR count). The van der Waals surface area contributed by atoms with Gasteiger partial charge in [-0.25, -0.2) is 0 Å². The number of rotatable bonds is 4. The Morgan fingerprint density at radius 2 is 2.54 bits per heavy atom. The SMILES string of the molecule is CC(Cc1ccco1)NC(=O)CN. The lowest BCUT2D eigenvalue weighted by atomic mass is 10.2. The van der Waals surface area contributed by atoms with Gasteiger partial charge in [0, 0.05) is 12.5 Å². The molecule has 3 N–H and O–H groups in total.